The van der Waals surface area contributed by atoms with Gasteiger partial charge in [0.25, 0.3) is 5.91 Å². The molecule has 4 amide bonds. The highest BCUT2D eigenvalue weighted by atomic mass is 19.4. The number of hydrogen-bond acceptors (Lipinski definition) is 7. The smallest absolute Gasteiger partial charge is 0.420 e. The molecule has 248 valence electrons. The monoisotopic (exact) mass is 666 g/mol. The number of ether oxygens (including phenoxy) is 2. The Kier molecular flexibility index (Phi) is 9.19. The maximum absolute atomic E-state index is 14.7. The van der Waals surface area contributed by atoms with Crippen LogP contribution in [-0.2, 0) is 20.5 Å². The van der Waals surface area contributed by atoms with Crippen molar-refractivity contribution >= 4 is 58.0 Å². The second kappa shape index (κ2) is 13.3. The minimum Gasteiger partial charge on any atom is -0.495 e. The number of nitrogens with zero attached hydrogens (tertiary/aromatic N) is 1. The quantitative estimate of drug-likeness (QED) is 0.0688. The summed E-state index contributed by atoms with van der Waals surface area (Å²) in [4.78, 5) is 43.7. The topological polar surface area (TPSA) is 167 Å². The Morgan fingerprint density at radius 1 is 1.06 bits per heavy atom. The van der Waals surface area contributed by atoms with Gasteiger partial charge in [0.15, 0.2) is 0 Å². The van der Waals surface area contributed by atoms with E-state index in [0.29, 0.717) is 23.0 Å². The SMILES string of the molecule is C=C(OC)c1cc(Oc2ccc(NC(=O)Nc3c(C)[nH]c(/C=C4\C(=O)Nc5cc(NC(=O)CO)c(F)cc54)c3C(F)(F)F)cc2)ccn1. The molecule has 0 saturated carbocycles. The van der Waals surface area contributed by atoms with Gasteiger partial charge in [0, 0.05) is 29.2 Å². The molecule has 16 heteroatoms. The van der Waals surface area contributed by atoms with E-state index >= 15 is 0 Å². The van der Waals surface area contributed by atoms with E-state index < -0.39 is 53.4 Å². The molecule has 5 rings (SSSR count). The van der Waals surface area contributed by atoms with Crippen molar-refractivity contribution in [1.29, 1.82) is 0 Å². The number of aryl methyl sites for hydroxylation is 1. The fraction of sp³-hybridized carbons (Fsp3) is 0.125. The van der Waals surface area contributed by atoms with Crippen LogP contribution < -0.4 is 26.0 Å². The molecular formula is C32H26F4N6O6. The van der Waals surface area contributed by atoms with Crippen molar-refractivity contribution in [2.45, 2.75) is 13.1 Å². The number of carbonyl (C=O) groups is 3. The Morgan fingerprint density at radius 3 is 2.46 bits per heavy atom. The van der Waals surface area contributed by atoms with E-state index in [4.69, 9.17) is 14.6 Å². The minimum atomic E-state index is -5.00. The Bertz CT molecular complexity index is 1970. The number of nitrogens with one attached hydrogen (secondary N) is 5. The van der Waals surface area contributed by atoms with Crippen LogP contribution in [0.3, 0.4) is 0 Å². The number of benzene rings is 2. The molecule has 0 bridgehead atoms. The predicted molar refractivity (Wildman–Crippen MR) is 169 cm³/mol. The molecule has 0 aliphatic carbocycles. The minimum absolute atomic E-state index is 0.0226. The van der Waals surface area contributed by atoms with Gasteiger partial charge in [0.2, 0.25) is 5.91 Å². The van der Waals surface area contributed by atoms with Crippen molar-refractivity contribution in [2.75, 3.05) is 35.0 Å². The lowest BCUT2D eigenvalue weighted by atomic mass is 10.0. The second-order valence-corrected chi connectivity index (χ2v) is 10.2. The zero-order valence-corrected chi connectivity index (χ0v) is 25.1. The van der Waals surface area contributed by atoms with E-state index in [1.165, 1.54) is 44.5 Å². The van der Waals surface area contributed by atoms with Crippen LogP contribution in [0.2, 0.25) is 0 Å². The molecule has 2 aromatic heterocycles. The Morgan fingerprint density at radius 2 is 1.79 bits per heavy atom. The number of anilines is 4. The predicted octanol–water partition coefficient (Wildman–Crippen LogP) is 6.35. The van der Waals surface area contributed by atoms with Gasteiger partial charge in [-0.2, -0.15) is 13.2 Å². The average Bonchev–Trinajstić information content (AvgIpc) is 3.51. The van der Waals surface area contributed by atoms with Crippen LogP contribution in [0, 0.1) is 12.7 Å². The molecule has 0 unspecified atom stereocenters. The fourth-order valence-electron chi connectivity index (χ4n) is 4.74. The third-order valence-corrected chi connectivity index (χ3v) is 6.95. The van der Waals surface area contributed by atoms with E-state index in [1.807, 2.05) is 0 Å². The van der Waals surface area contributed by atoms with Gasteiger partial charge in [0.1, 0.15) is 40.9 Å². The zero-order chi connectivity index (χ0) is 34.7. The number of aliphatic hydroxyl groups excluding tert-OH is 1. The van der Waals surface area contributed by atoms with E-state index in [-0.39, 0.29) is 33.9 Å². The molecule has 12 nitrogen and oxygen atoms in total. The van der Waals surface area contributed by atoms with Crippen LogP contribution >= 0.6 is 0 Å². The third kappa shape index (κ3) is 7.13. The maximum atomic E-state index is 14.7. The van der Waals surface area contributed by atoms with Gasteiger partial charge in [-0.1, -0.05) is 6.58 Å². The summed E-state index contributed by atoms with van der Waals surface area (Å²) in [6.45, 7) is 4.11. The molecule has 1 aliphatic heterocycles. The number of carbonyl (C=O) groups excluding carboxylic acids is 3. The summed E-state index contributed by atoms with van der Waals surface area (Å²) < 4.78 is 68.7. The molecular weight excluding hydrogens is 640 g/mol. The Labute approximate surface area is 269 Å². The van der Waals surface area contributed by atoms with Crippen LogP contribution in [0.25, 0.3) is 17.4 Å². The number of pyridine rings is 1. The van der Waals surface area contributed by atoms with Crippen molar-refractivity contribution < 1.29 is 46.5 Å². The first kappa shape index (κ1) is 33.2. The first-order valence-corrected chi connectivity index (χ1v) is 13.9. The molecule has 4 aromatic rings. The van der Waals surface area contributed by atoms with Crippen molar-refractivity contribution in [3.63, 3.8) is 0 Å². The van der Waals surface area contributed by atoms with Gasteiger partial charge in [-0.05, 0) is 55.5 Å². The van der Waals surface area contributed by atoms with Gasteiger partial charge >= 0.3 is 12.2 Å². The maximum Gasteiger partial charge on any atom is 0.420 e. The zero-order valence-electron chi connectivity index (χ0n) is 25.1. The van der Waals surface area contributed by atoms with Gasteiger partial charge < -0.3 is 40.8 Å². The molecule has 0 spiro atoms. The average molecular weight is 667 g/mol. The lowest BCUT2D eigenvalue weighted by Crippen LogP contribution is -2.21. The number of halogens is 4. The van der Waals surface area contributed by atoms with E-state index in [9.17, 15) is 31.9 Å². The number of fused-ring (bicyclic) bond motifs is 1. The molecule has 1 aliphatic rings. The Hall–Kier alpha value is -6.16. The first-order chi connectivity index (χ1) is 22.8. The number of amides is 4. The summed E-state index contributed by atoms with van der Waals surface area (Å²) in [5.41, 5.74) is -2.50. The number of alkyl halides is 3. The molecule has 0 saturated heterocycles. The highest BCUT2D eigenvalue weighted by molar-refractivity contribution is 6.35. The summed E-state index contributed by atoms with van der Waals surface area (Å²) >= 11 is 0. The summed E-state index contributed by atoms with van der Waals surface area (Å²) in [7, 11) is 1.46. The Balaban J connectivity index is 1.35. The van der Waals surface area contributed by atoms with E-state index in [2.05, 4.69) is 37.8 Å². The summed E-state index contributed by atoms with van der Waals surface area (Å²) in [5, 5.41) is 18.1. The molecule has 0 radical (unpaired) electrons. The van der Waals surface area contributed by atoms with Crippen molar-refractivity contribution in [2.24, 2.45) is 0 Å². The van der Waals surface area contributed by atoms with Crippen LogP contribution in [0.1, 0.15) is 28.2 Å². The number of H-pyrrole nitrogens is 1. The number of aromatic amines is 1. The van der Waals surface area contributed by atoms with E-state index in [0.717, 1.165) is 18.2 Å². The molecule has 2 aromatic carbocycles. The number of urea groups is 1. The number of aromatic nitrogens is 2. The molecule has 0 fully saturated rings. The largest absolute Gasteiger partial charge is 0.495 e. The lowest BCUT2D eigenvalue weighted by Gasteiger charge is -2.13. The second-order valence-electron chi connectivity index (χ2n) is 10.2. The van der Waals surface area contributed by atoms with Gasteiger partial charge in [0.05, 0.1) is 35.4 Å². The standard InChI is InChI=1S/C32H26F4N6O6/c1-15-29(42-31(46)39-17-4-6-18(7-5-17)48-19-8-9-37-23(10-19)16(2)47-3)28(32(34,35)36)26(38-15)12-21-20-11-22(33)25(40-27(44)14-43)13-24(20)41-30(21)45/h4-13,38,43H,2,14H2,1,3H3,(H,40,44)(H,41,45)(H2,39,42,46)/b21-12-. The normalized spacial score (nSPS) is 13.1. The van der Waals surface area contributed by atoms with Crippen LogP contribution in [0.5, 0.6) is 11.5 Å². The summed E-state index contributed by atoms with van der Waals surface area (Å²) in [6, 6.07) is 10.2. The number of methoxy groups -OCH3 is 1. The van der Waals surface area contributed by atoms with Crippen LogP contribution in [0.4, 0.5) is 45.1 Å². The van der Waals surface area contributed by atoms with Crippen molar-refractivity contribution in [3.8, 4) is 11.5 Å². The van der Waals surface area contributed by atoms with Gasteiger partial charge in [-0.3, -0.25) is 14.6 Å². The van der Waals surface area contributed by atoms with E-state index in [1.54, 1.807) is 12.1 Å². The third-order valence-electron chi connectivity index (χ3n) is 6.95. The van der Waals surface area contributed by atoms with Crippen LogP contribution in [-0.4, -0.2) is 46.6 Å². The molecule has 48 heavy (non-hydrogen) atoms. The first-order valence-electron chi connectivity index (χ1n) is 13.9. The number of aliphatic hydroxyl groups is 1. The number of hydrogen-bond donors (Lipinski definition) is 6. The summed E-state index contributed by atoms with van der Waals surface area (Å²) in [5.74, 6) is -1.57. The van der Waals surface area contributed by atoms with Crippen molar-refractivity contribution in [1.82, 2.24) is 9.97 Å². The highest BCUT2D eigenvalue weighted by Crippen LogP contribution is 2.43. The molecule has 6 N–H and O–H groups in total. The van der Waals surface area contributed by atoms with Crippen LogP contribution in [0.15, 0.2) is 61.3 Å². The van der Waals surface area contributed by atoms with Crippen molar-refractivity contribution in [3.05, 3.63) is 95.3 Å². The molecule has 3 heterocycles. The highest BCUT2D eigenvalue weighted by Gasteiger charge is 2.40. The number of rotatable bonds is 9. The summed E-state index contributed by atoms with van der Waals surface area (Å²) in [6.07, 6.45) is -2.60. The molecule has 0 atom stereocenters. The van der Waals surface area contributed by atoms with Gasteiger partial charge in [-0.25, -0.2) is 9.18 Å². The fourth-order valence-corrected chi connectivity index (χ4v) is 4.74. The lowest BCUT2D eigenvalue weighted by molar-refractivity contribution is -0.137. The van der Waals surface area contributed by atoms with Gasteiger partial charge in [-0.15, -0.1) is 0 Å².